The molecule has 0 spiro atoms. The molecule has 1 amide bonds. The van der Waals surface area contributed by atoms with Crippen LogP contribution in [0, 0.1) is 0 Å². The van der Waals surface area contributed by atoms with Gasteiger partial charge in [-0.05, 0) is 18.1 Å². The second-order valence-corrected chi connectivity index (χ2v) is 7.40. The fourth-order valence-electron chi connectivity index (χ4n) is 2.79. The molecule has 0 saturated carbocycles. The molecule has 4 nitrogen and oxygen atoms in total. The van der Waals surface area contributed by atoms with Gasteiger partial charge in [0.15, 0.2) is 9.84 Å². The van der Waals surface area contributed by atoms with E-state index < -0.39 is 9.84 Å². The molecule has 2 aliphatic heterocycles. The molecule has 0 radical (unpaired) electrons. The van der Waals surface area contributed by atoms with Crippen molar-refractivity contribution in [1.29, 1.82) is 0 Å². The number of sulfone groups is 1. The molecule has 2 fully saturated rings. The Bertz CT molecular complexity index is 621. The molecule has 19 heavy (non-hydrogen) atoms. The largest absolute Gasteiger partial charge is 0.334 e. The van der Waals surface area contributed by atoms with Gasteiger partial charge in [-0.3, -0.25) is 4.79 Å². The Balaban J connectivity index is 1.69. The van der Waals surface area contributed by atoms with Crippen molar-refractivity contribution in [2.75, 3.05) is 12.3 Å². The van der Waals surface area contributed by atoms with Crippen LogP contribution in [-0.4, -0.2) is 42.8 Å². The summed E-state index contributed by atoms with van der Waals surface area (Å²) in [7, 11) is -2.94. The van der Waals surface area contributed by atoms with Crippen LogP contribution in [-0.2, 0) is 14.6 Å². The highest BCUT2D eigenvalue weighted by Crippen LogP contribution is 2.32. The van der Waals surface area contributed by atoms with Gasteiger partial charge in [-0.15, -0.1) is 0 Å². The average molecular weight is 277 g/mol. The molecule has 2 aliphatic rings. The summed E-state index contributed by atoms with van der Waals surface area (Å²) in [5.74, 6) is 0.0361. The Morgan fingerprint density at radius 3 is 2.58 bits per heavy atom. The Morgan fingerprint density at radius 2 is 2.00 bits per heavy atom. The van der Waals surface area contributed by atoms with E-state index in [-0.39, 0.29) is 23.0 Å². The monoisotopic (exact) mass is 277 g/mol. The summed E-state index contributed by atoms with van der Waals surface area (Å²) in [5, 5.41) is -0.341. The number of hydrogen-bond donors (Lipinski definition) is 0. The molecular formula is C14H15NO3S. The lowest BCUT2D eigenvalue weighted by Crippen LogP contribution is -2.43. The number of likely N-dealkylation sites (tertiary alicyclic amines) is 1. The molecule has 2 saturated heterocycles. The van der Waals surface area contributed by atoms with E-state index in [0.717, 1.165) is 5.56 Å². The predicted octanol–water partition coefficient (Wildman–Crippen LogP) is 1.10. The number of amides is 1. The molecule has 2 heterocycles. The van der Waals surface area contributed by atoms with E-state index in [4.69, 9.17) is 0 Å². The normalized spacial score (nSPS) is 28.1. The predicted molar refractivity (Wildman–Crippen MR) is 73.2 cm³/mol. The van der Waals surface area contributed by atoms with E-state index in [1.165, 1.54) is 6.08 Å². The van der Waals surface area contributed by atoms with Crippen LogP contribution in [0.3, 0.4) is 0 Å². The third-order valence-electron chi connectivity index (χ3n) is 3.81. The highest BCUT2D eigenvalue weighted by atomic mass is 32.2. The van der Waals surface area contributed by atoms with Crippen LogP contribution < -0.4 is 0 Å². The molecular weight excluding hydrogens is 262 g/mol. The topological polar surface area (TPSA) is 54.5 Å². The maximum Gasteiger partial charge on any atom is 0.246 e. The maximum atomic E-state index is 12.1. The lowest BCUT2D eigenvalue weighted by Gasteiger charge is -2.25. The van der Waals surface area contributed by atoms with E-state index in [9.17, 15) is 13.2 Å². The fraction of sp³-hybridized carbons (Fsp3) is 0.357. The summed E-state index contributed by atoms with van der Waals surface area (Å²) in [6, 6.07) is 9.46. The number of hydrogen-bond acceptors (Lipinski definition) is 3. The standard InChI is InChI=1S/C14H15NO3S/c16-14(7-6-11-4-2-1-3-5-11)15-9-13-8-12(15)10-19(13,17)18/h1-7,12-13H,8-10H2/b7-6+. The summed E-state index contributed by atoms with van der Waals surface area (Å²) >= 11 is 0. The summed E-state index contributed by atoms with van der Waals surface area (Å²) in [6.07, 6.45) is 3.90. The van der Waals surface area contributed by atoms with E-state index in [1.807, 2.05) is 30.3 Å². The Morgan fingerprint density at radius 1 is 1.26 bits per heavy atom. The first-order chi connectivity index (χ1) is 9.06. The van der Waals surface area contributed by atoms with Gasteiger partial charge in [-0.25, -0.2) is 8.42 Å². The van der Waals surface area contributed by atoms with Gasteiger partial charge in [0.2, 0.25) is 5.91 Å². The van der Waals surface area contributed by atoms with Crippen molar-refractivity contribution in [3.63, 3.8) is 0 Å². The second-order valence-electron chi connectivity index (χ2n) is 5.08. The van der Waals surface area contributed by atoms with Crippen LogP contribution in [0.25, 0.3) is 6.08 Å². The Hall–Kier alpha value is -1.62. The quantitative estimate of drug-likeness (QED) is 0.761. The zero-order valence-corrected chi connectivity index (χ0v) is 11.2. The number of fused-ring (bicyclic) bond motifs is 2. The first-order valence-electron chi connectivity index (χ1n) is 6.31. The molecule has 2 atom stereocenters. The number of rotatable bonds is 2. The molecule has 1 aromatic carbocycles. The van der Waals surface area contributed by atoms with Crippen molar-refractivity contribution in [2.45, 2.75) is 17.7 Å². The Kier molecular flexibility index (Phi) is 2.93. The molecule has 5 heteroatoms. The fourth-order valence-corrected chi connectivity index (χ4v) is 4.82. The van der Waals surface area contributed by atoms with Gasteiger partial charge in [-0.2, -0.15) is 0 Å². The molecule has 3 rings (SSSR count). The van der Waals surface area contributed by atoms with Crippen LogP contribution >= 0.6 is 0 Å². The number of carbonyl (C=O) groups excluding carboxylic acids is 1. The van der Waals surface area contributed by atoms with E-state index in [0.29, 0.717) is 13.0 Å². The lowest BCUT2D eigenvalue weighted by atomic mass is 10.2. The van der Waals surface area contributed by atoms with Gasteiger partial charge < -0.3 is 4.90 Å². The lowest BCUT2D eigenvalue weighted by molar-refractivity contribution is -0.126. The van der Waals surface area contributed by atoms with Crippen LogP contribution in [0.5, 0.6) is 0 Å². The maximum absolute atomic E-state index is 12.1. The van der Waals surface area contributed by atoms with Crippen molar-refractivity contribution in [3.8, 4) is 0 Å². The number of benzene rings is 1. The third kappa shape index (κ3) is 2.30. The van der Waals surface area contributed by atoms with Crippen molar-refractivity contribution in [3.05, 3.63) is 42.0 Å². The smallest absolute Gasteiger partial charge is 0.246 e. The minimum Gasteiger partial charge on any atom is -0.334 e. The molecule has 2 unspecified atom stereocenters. The van der Waals surface area contributed by atoms with Crippen LogP contribution in [0.1, 0.15) is 12.0 Å². The molecule has 1 aromatic rings. The summed E-state index contributed by atoms with van der Waals surface area (Å²) in [4.78, 5) is 13.7. The summed E-state index contributed by atoms with van der Waals surface area (Å²) < 4.78 is 23.2. The van der Waals surface area contributed by atoms with Gasteiger partial charge in [-0.1, -0.05) is 30.3 Å². The van der Waals surface area contributed by atoms with Gasteiger partial charge in [0.05, 0.1) is 11.0 Å². The highest BCUT2D eigenvalue weighted by molar-refractivity contribution is 7.92. The zero-order chi connectivity index (χ0) is 13.5. The third-order valence-corrected chi connectivity index (χ3v) is 6.02. The minimum atomic E-state index is -2.94. The van der Waals surface area contributed by atoms with Gasteiger partial charge in [0.25, 0.3) is 0 Å². The summed E-state index contributed by atoms with van der Waals surface area (Å²) in [6.45, 7) is 0.352. The van der Waals surface area contributed by atoms with Gasteiger partial charge >= 0.3 is 0 Å². The molecule has 0 N–H and O–H groups in total. The second kappa shape index (κ2) is 4.49. The molecule has 0 aliphatic carbocycles. The van der Waals surface area contributed by atoms with Crippen LogP contribution in [0.4, 0.5) is 0 Å². The van der Waals surface area contributed by atoms with Crippen LogP contribution in [0.15, 0.2) is 36.4 Å². The van der Waals surface area contributed by atoms with Gasteiger partial charge in [0.1, 0.15) is 0 Å². The molecule has 2 bridgehead atoms. The number of carbonyl (C=O) groups is 1. The number of nitrogens with zero attached hydrogens (tertiary/aromatic N) is 1. The minimum absolute atomic E-state index is 0.0914. The zero-order valence-electron chi connectivity index (χ0n) is 10.4. The molecule has 100 valence electrons. The van der Waals surface area contributed by atoms with Gasteiger partial charge in [0, 0.05) is 18.7 Å². The van der Waals surface area contributed by atoms with Crippen LogP contribution in [0.2, 0.25) is 0 Å². The SMILES string of the molecule is O=C(/C=C/c1ccccc1)N1CC2CC1CS2(=O)=O. The van der Waals surface area contributed by atoms with E-state index in [2.05, 4.69) is 0 Å². The first-order valence-corrected chi connectivity index (χ1v) is 8.03. The average Bonchev–Trinajstić information content (AvgIpc) is 2.93. The van der Waals surface area contributed by atoms with Crippen molar-refractivity contribution in [2.24, 2.45) is 0 Å². The first kappa shape index (κ1) is 12.4. The molecule has 0 aromatic heterocycles. The van der Waals surface area contributed by atoms with Crippen molar-refractivity contribution in [1.82, 2.24) is 4.90 Å². The highest BCUT2D eigenvalue weighted by Gasteiger charge is 2.49. The Labute approximate surface area is 112 Å². The summed E-state index contributed by atoms with van der Waals surface area (Å²) in [5.41, 5.74) is 0.966. The van der Waals surface area contributed by atoms with E-state index in [1.54, 1.807) is 11.0 Å². The van der Waals surface area contributed by atoms with Crippen molar-refractivity contribution < 1.29 is 13.2 Å². The van der Waals surface area contributed by atoms with E-state index >= 15 is 0 Å². The van der Waals surface area contributed by atoms with Crippen molar-refractivity contribution >= 4 is 21.8 Å².